The van der Waals surface area contributed by atoms with Crippen LogP contribution in [0.15, 0.2) is 35.2 Å². The van der Waals surface area contributed by atoms with Crippen LogP contribution in [0.4, 0.5) is 0 Å². The zero-order chi connectivity index (χ0) is 13.8. The lowest BCUT2D eigenvalue weighted by atomic mass is 10.2. The van der Waals surface area contributed by atoms with E-state index in [-0.39, 0.29) is 12.0 Å². The minimum absolute atomic E-state index is 0.0927. The Bertz CT molecular complexity index is 560. The predicted molar refractivity (Wildman–Crippen MR) is 78.9 cm³/mol. The number of hydrogen-bond acceptors (Lipinski definition) is 4. The number of carbonyl (C=O) groups excluding carboxylic acids is 1. The Morgan fingerprint density at radius 1 is 1.45 bits per heavy atom. The molecule has 0 saturated carbocycles. The average Bonchev–Trinajstić information content (AvgIpc) is 3.18. The summed E-state index contributed by atoms with van der Waals surface area (Å²) in [7, 11) is 0. The third kappa shape index (κ3) is 3.05. The van der Waals surface area contributed by atoms with Gasteiger partial charge in [-0.2, -0.15) is 11.3 Å². The summed E-state index contributed by atoms with van der Waals surface area (Å²) in [5, 5.41) is 6.95. The molecule has 0 bridgehead atoms. The van der Waals surface area contributed by atoms with Gasteiger partial charge in [-0.05, 0) is 36.4 Å². The summed E-state index contributed by atoms with van der Waals surface area (Å²) in [4.78, 5) is 16.3. The van der Waals surface area contributed by atoms with Crippen LogP contribution in [0, 0.1) is 0 Å². The van der Waals surface area contributed by atoms with Crippen LogP contribution in [-0.2, 0) is 4.74 Å². The molecule has 1 aliphatic rings. The van der Waals surface area contributed by atoms with Gasteiger partial charge in [0.2, 0.25) is 0 Å². The average molecular weight is 288 g/mol. The molecule has 3 rings (SSSR count). The minimum Gasteiger partial charge on any atom is -0.376 e. The van der Waals surface area contributed by atoms with Crippen LogP contribution >= 0.6 is 11.3 Å². The molecule has 2 aromatic rings. The second kappa shape index (κ2) is 6.15. The summed E-state index contributed by atoms with van der Waals surface area (Å²) in [6, 6.07) is 5.71. The lowest BCUT2D eigenvalue weighted by Crippen LogP contribution is -2.31. The fourth-order valence-electron chi connectivity index (χ4n) is 2.22. The number of nitrogens with zero attached hydrogens (tertiary/aromatic N) is 1. The summed E-state index contributed by atoms with van der Waals surface area (Å²) in [6.45, 7) is 1.38. The Labute approximate surface area is 121 Å². The van der Waals surface area contributed by atoms with E-state index in [9.17, 15) is 4.79 Å². The number of amides is 1. The van der Waals surface area contributed by atoms with Crippen LogP contribution < -0.4 is 5.32 Å². The van der Waals surface area contributed by atoms with E-state index in [0.29, 0.717) is 12.1 Å². The first-order valence-corrected chi connectivity index (χ1v) is 7.65. The molecule has 0 spiro atoms. The van der Waals surface area contributed by atoms with Gasteiger partial charge in [-0.15, -0.1) is 0 Å². The van der Waals surface area contributed by atoms with Gasteiger partial charge in [0.15, 0.2) is 0 Å². The van der Waals surface area contributed by atoms with Gasteiger partial charge in [-0.3, -0.25) is 9.78 Å². The Kier molecular flexibility index (Phi) is 4.08. The van der Waals surface area contributed by atoms with Crippen molar-refractivity contribution in [1.82, 2.24) is 10.3 Å². The largest absolute Gasteiger partial charge is 0.376 e. The number of nitrogens with one attached hydrogen (secondary N) is 1. The van der Waals surface area contributed by atoms with Gasteiger partial charge < -0.3 is 10.1 Å². The van der Waals surface area contributed by atoms with Gasteiger partial charge in [0.25, 0.3) is 5.91 Å². The van der Waals surface area contributed by atoms with Crippen LogP contribution in [0.1, 0.15) is 23.2 Å². The molecule has 1 amide bonds. The lowest BCUT2D eigenvalue weighted by molar-refractivity contribution is 0.0857. The van der Waals surface area contributed by atoms with E-state index in [0.717, 1.165) is 30.7 Å². The highest BCUT2D eigenvalue weighted by atomic mass is 32.1. The molecule has 0 aromatic carbocycles. The topological polar surface area (TPSA) is 51.2 Å². The maximum absolute atomic E-state index is 12.0. The van der Waals surface area contributed by atoms with E-state index in [2.05, 4.69) is 10.3 Å². The van der Waals surface area contributed by atoms with Gasteiger partial charge in [0, 0.05) is 30.3 Å². The summed E-state index contributed by atoms with van der Waals surface area (Å²) >= 11 is 1.63. The molecule has 0 aliphatic carbocycles. The van der Waals surface area contributed by atoms with E-state index >= 15 is 0 Å². The van der Waals surface area contributed by atoms with Crippen molar-refractivity contribution in [3.8, 4) is 11.3 Å². The number of pyridine rings is 1. The summed E-state index contributed by atoms with van der Waals surface area (Å²) in [5.41, 5.74) is 2.56. The number of hydrogen-bond donors (Lipinski definition) is 1. The summed E-state index contributed by atoms with van der Waals surface area (Å²) in [6.07, 6.45) is 3.89. The normalized spacial score (nSPS) is 18.1. The number of thiophene rings is 1. The van der Waals surface area contributed by atoms with Crippen molar-refractivity contribution in [2.45, 2.75) is 18.9 Å². The second-order valence-corrected chi connectivity index (χ2v) is 5.57. The van der Waals surface area contributed by atoms with E-state index in [1.165, 1.54) is 0 Å². The van der Waals surface area contributed by atoms with Gasteiger partial charge in [-0.1, -0.05) is 0 Å². The van der Waals surface area contributed by atoms with Crippen molar-refractivity contribution < 1.29 is 9.53 Å². The Hall–Kier alpha value is -1.72. The molecule has 1 atom stereocenters. The third-order valence-corrected chi connectivity index (χ3v) is 4.04. The van der Waals surface area contributed by atoms with E-state index in [1.54, 1.807) is 17.5 Å². The van der Waals surface area contributed by atoms with Gasteiger partial charge in [-0.25, -0.2) is 0 Å². The van der Waals surface area contributed by atoms with Crippen LogP contribution in [0.2, 0.25) is 0 Å². The van der Waals surface area contributed by atoms with Crippen LogP contribution in [0.3, 0.4) is 0 Å². The van der Waals surface area contributed by atoms with E-state index in [1.807, 2.05) is 29.0 Å². The molecule has 5 heteroatoms. The zero-order valence-electron chi connectivity index (χ0n) is 11.0. The standard InChI is InChI=1S/C15H16N2O2S/c18-15(17-9-13-2-1-6-19-13)11-3-4-14(16-8-11)12-5-7-20-10-12/h3-5,7-8,10,13H,1-2,6,9H2,(H,17,18)/t13-/m0/s1. The molecule has 0 unspecified atom stereocenters. The van der Waals surface area contributed by atoms with Crippen LogP contribution in [-0.4, -0.2) is 30.1 Å². The molecule has 1 saturated heterocycles. The van der Waals surface area contributed by atoms with Crippen molar-refractivity contribution in [3.05, 3.63) is 40.7 Å². The van der Waals surface area contributed by atoms with Crippen LogP contribution in [0.25, 0.3) is 11.3 Å². The lowest BCUT2D eigenvalue weighted by Gasteiger charge is -2.10. The zero-order valence-corrected chi connectivity index (χ0v) is 11.9. The van der Waals surface area contributed by atoms with E-state index in [4.69, 9.17) is 4.74 Å². The van der Waals surface area contributed by atoms with E-state index < -0.39 is 0 Å². The predicted octanol–water partition coefficient (Wildman–Crippen LogP) is 2.72. The number of aromatic nitrogens is 1. The highest BCUT2D eigenvalue weighted by molar-refractivity contribution is 7.08. The van der Waals surface area contributed by atoms with Gasteiger partial charge in [0.05, 0.1) is 17.4 Å². The Balaban J connectivity index is 1.60. The minimum atomic E-state index is -0.0927. The number of ether oxygens (including phenoxy) is 1. The molecule has 2 aromatic heterocycles. The molecular weight excluding hydrogens is 272 g/mol. The number of rotatable bonds is 4. The molecular formula is C15H16N2O2S. The van der Waals surface area contributed by atoms with Gasteiger partial charge in [0.1, 0.15) is 0 Å². The van der Waals surface area contributed by atoms with Crippen molar-refractivity contribution in [2.75, 3.05) is 13.2 Å². The fraction of sp³-hybridized carbons (Fsp3) is 0.333. The quantitative estimate of drug-likeness (QED) is 0.941. The molecule has 20 heavy (non-hydrogen) atoms. The SMILES string of the molecule is O=C(NC[C@@H]1CCCO1)c1ccc(-c2ccsc2)nc1. The highest BCUT2D eigenvalue weighted by Crippen LogP contribution is 2.19. The smallest absolute Gasteiger partial charge is 0.252 e. The molecule has 3 heterocycles. The van der Waals surface area contributed by atoms with Crippen LogP contribution in [0.5, 0.6) is 0 Å². The Morgan fingerprint density at radius 2 is 2.40 bits per heavy atom. The number of carbonyl (C=O) groups is 1. The first-order chi connectivity index (χ1) is 9.83. The molecule has 4 nitrogen and oxygen atoms in total. The highest BCUT2D eigenvalue weighted by Gasteiger charge is 2.16. The van der Waals surface area contributed by atoms with Crippen molar-refractivity contribution in [3.63, 3.8) is 0 Å². The van der Waals surface area contributed by atoms with Gasteiger partial charge >= 0.3 is 0 Å². The third-order valence-electron chi connectivity index (χ3n) is 3.36. The van der Waals surface area contributed by atoms with Crippen molar-refractivity contribution in [1.29, 1.82) is 0 Å². The molecule has 1 aliphatic heterocycles. The van der Waals surface area contributed by atoms with Crippen molar-refractivity contribution in [2.24, 2.45) is 0 Å². The molecule has 104 valence electrons. The first-order valence-electron chi connectivity index (χ1n) is 6.71. The second-order valence-electron chi connectivity index (χ2n) is 4.79. The summed E-state index contributed by atoms with van der Waals surface area (Å²) in [5.74, 6) is -0.0927. The maximum atomic E-state index is 12.0. The molecule has 1 fully saturated rings. The monoisotopic (exact) mass is 288 g/mol. The Morgan fingerprint density at radius 3 is 3.05 bits per heavy atom. The molecule has 1 N–H and O–H groups in total. The summed E-state index contributed by atoms with van der Waals surface area (Å²) < 4.78 is 5.48. The first kappa shape index (κ1) is 13.3. The fourth-order valence-corrected chi connectivity index (χ4v) is 2.87. The molecule has 0 radical (unpaired) electrons. The maximum Gasteiger partial charge on any atom is 0.252 e. The van der Waals surface area contributed by atoms with Crippen molar-refractivity contribution >= 4 is 17.2 Å².